The van der Waals surface area contributed by atoms with Gasteiger partial charge in [0.25, 0.3) is 0 Å². The van der Waals surface area contributed by atoms with Crippen molar-refractivity contribution in [2.24, 2.45) is 0 Å². The zero-order chi connectivity index (χ0) is 15.8. The van der Waals surface area contributed by atoms with Crippen molar-refractivity contribution in [3.63, 3.8) is 0 Å². The highest BCUT2D eigenvalue weighted by atomic mass is 32.2. The summed E-state index contributed by atoms with van der Waals surface area (Å²) in [5.41, 5.74) is 0. The van der Waals surface area contributed by atoms with Crippen LogP contribution in [-0.2, 0) is 16.1 Å². The third-order valence-electron chi connectivity index (χ3n) is 2.71. The minimum Gasteiger partial charge on any atom is -0.467 e. The van der Waals surface area contributed by atoms with Crippen molar-refractivity contribution < 1.29 is 14.0 Å². The summed E-state index contributed by atoms with van der Waals surface area (Å²) in [6, 6.07) is 5.23. The van der Waals surface area contributed by atoms with Gasteiger partial charge in [0.15, 0.2) is 5.16 Å². The topological polar surface area (TPSA) is 88.3 Å². The largest absolute Gasteiger partial charge is 0.467 e. The van der Waals surface area contributed by atoms with Crippen LogP contribution in [0.4, 0.5) is 0 Å². The lowest BCUT2D eigenvalue weighted by Crippen LogP contribution is -2.38. The van der Waals surface area contributed by atoms with Gasteiger partial charge in [0.2, 0.25) is 11.8 Å². The predicted molar refractivity (Wildman–Crippen MR) is 80.9 cm³/mol. The van der Waals surface area contributed by atoms with Crippen LogP contribution in [-0.4, -0.2) is 46.0 Å². The van der Waals surface area contributed by atoms with Gasteiger partial charge in [0.05, 0.1) is 25.1 Å². The molecule has 0 atom stereocenters. The lowest BCUT2D eigenvalue weighted by molar-refractivity contribution is -0.132. The first-order valence-corrected chi connectivity index (χ1v) is 7.56. The van der Waals surface area contributed by atoms with Crippen molar-refractivity contribution in [3.8, 4) is 0 Å². The van der Waals surface area contributed by atoms with Gasteiger partial charge in [-0.25, -0.2) is 9.97 Å². The molecule has 2 aromatic heterocycles. The average molecular weight is 320 g/mol. The Morgan fingerprint density at radius 1 is 1.32 bits per heavy atom. The van der Waals surface area contributed by atoms with Gasteiger partial charge in [-0.1, -0.05) is 11.8 Å². The molecule has 0 aliphatic rings. The molecule has 0 bridgehead atoms. The summed E-state index contributed by atoms with van der Waals surface area (Å²) < 4.78 is 5.11. The molecule has 0 aromatic carbocycles. The smallest absolute Gasteiger partial charge is 0.239 e. The van der Waals surface area contributed by atoms with Crippen molar-refractivity contribution in [2.45, 2.75) is 11.7 Å². The molecule has 0 aliphatic carbocycles. The second-order valence-corrected chi connectivity index (χ2v) is 5.37. The average Bonchev–Trinajstić information content (AvgIpc) is 3.05. The highest BCUT2D eigenvalue weighted by molar-refractivity contribution is 7.99. The van der Waals surface area contributed by atoms with Crippen LogP contribution in [0.25, 0.3) is 0 Å². The van der Waals surface area contributed by atoms with Crippen LogP contribution in [0.2, 0.25) is 0 Å². The Morgan fingerprint density at radius 2 is 2.09 bits per heavy atom. The van der Waals surface area contributed by atoms with Gasteiger partial charge in [0.1, 0.15) is 5.76 Å². The molecule has 0 saturated heterocycles. The van der Waals surface area contributed by atoms with Crippen molar-refractivity contribution in [1.29, 1.82) is 0 Å². The fraction of sp³-hybridized carbons (Fsp3) is 0.286. The maximum atomic E-state index is 11.9. The van der Waals surface area contributed by atoms with E-state index in [9.17, 15) is 9.59 Å². The van der Waals surface area contributed by atoms with E-state index in [1.54, 1.807) is 43.9 Å². The summed E-state index contributed by atoms with van der Waals surface area (Å²) in [6.07, 6.45) is 4.78. The van der Waals surface area contributed by atoms with E-state index in [4.69, 9.17) is 4.42 Å². The Bertz CT molecular complexity index is 604. The summed E-state index contributed by atoms with van der Waals surface area (Å²) in [6.45, 7) is 0.302. The van der Waals surface area contributed by atoms with Crippen LogP contribution in [0.15, 0.2) is 46.4 Å². The molecule has 1 N–H and O–H groups in total. The molecule has 0 fully saturated rings. The van der Waals surface area contributed by atoms with Gasteiger partial charge in [-0.15, -0.1) is 0 Å². The minimum atomic E-state index is -0.242. The van der Waals surface area contributed by atoms with Crippen LogP contribution >= 0.6 is 11.8 Å². The molecule has 8 heteroatoms. The normalized spacial score (nSPS) is 10.2. The Morgan fingerprint density at radius 3 is 2.77 bits per heavy atom. The molecule has 0 spiro atoms. The Balaban J connectivity index is 1.70. The summed E-state index contributed by atoms with van der Waals surface area (Å²) >= 11 is 1.24. The molecule has 0 aliphatic heterocycles. The molecule has 116 valence electrons. The van der Waals surface area contributed by atoms with E-state index >= 15 is 0 Å². The van der Waals surface area contributed by atoms with Gasteiger partial charge >= 0.3 is 0 Å². The third kappa shape index (κ3) is 5.21. The minimum absolute atomic E-state index is 0.00422. The van der Waals surface area contributed by atoms with E-state index in [-0.39, 0.29) is 24.1 Å². The van der Waals surface area contributed by atoms with Crippen molar-refractivity contribution >= 4 is 23.6 Å². The van der Waals surface area contributed by atoms with Gasteiger partial charge in [-0.3, -0.25) is 9.59 Å². The van der Waals surface area contributed by atoms with Crippen LogP contribution in [0.5, 0.6) is 0 Å². The maximum absolute atomic E-state index is 11.9. The quantitative estimate of drug-likeness (QED) is 0.603. The zero-order valence-corrected chi connectivity index (χ0v) is 12.9. The molecule has 0 unspecified atom stereocenters. The van der Waals surface area contributed by atoms with Crippen LogP contribution < -0.4 is 5.32 Å². The van der Waals surface area contributed by atoms with E-state index in [1.807, 2.05) is 0 Å². The summed E-state index contributed by atoms with van der Waals surface area (Å²) in [5, 5.41) is 3.22. The van der Waals surface area contributed by atoms with Crippen LogP contribution in [0.1, 0.15) is 5.76 Å². The number of nitrogens with zero attached hydrogens (tertiary/aromatic N) is 3. The molecule has 2 heterocycles. The highest BCUT2D eigenvalue weighted by Gasteiger charge is 2.14. The second kappa shape index (κ2) is 8.18. The summed E-state index contributed by atoms with van der Waals surface area (Å²) in [7, 11) is 1.58. The maximum Gasteiger partial charge on any atom is 0.239 e. The second-order valence-electron chi connectivity index (χ2n) is 4.43. The molecule has 0 radical (unpaired) electrons. The first-order chi connectivity index (χ1) is 10.6. The third-order valence-corrected chi connectivity index (χ3v) is 3.57. The number of hydrogen-bond donors (Lipinski definition) is 1. The monoisotopic (exact) mass is 320 g/mol. The number of likely N-dealkylation sites (N-methyl/N-ethyl adjacent to an activating group) is 1. The number of carbonyl (C=O) groups excluding carboxylic acids is 2. The SMILES string of the molecule is CN(CC(=O)NCc1ccco1)C(=O)CSc1ncccn1. The summed E-state index contributed by atoms with van der Waals surface area (Å²) in [4.78, 5) is 33.1. The first-order valence-electron chi connectivity index (χ1n) is 6.58. The fourth-order valence-corrected chi connectivity index (χ4v) is 2.30. The molecule has 22 heavy (non-hydrogen) atoms. The van der Waals surface area contributed by atoms with E-state index in [1.165, 1.54) is 16.7 Å². The van der Waals surface area contributed by atoms with Gasteiger partial charge in [-0.05, 0) is 18.2 Å². The fourth-order valence-electron chi connectivity index (χ4n) is 1.55. The van der Waals surface area contributed by atoms with Crippen LogP contribution in [0, 0.1) is 0 Å². The predicted octanol–water partition coefficient (Wildman–Crippen LogP) is 0.936. The zero-order valence-electron chi connectivity index (χ0n) is 12.1. The number of aromatic nitrogens is 2. The van der Waals surface area contributed by atoms with E-state index in [0.29, 0.717) is 17.5 Å². The number of nitrogens with one attached hydrogen (secondary N) is 1. The lowest BCUT2D eigenvalue weighted by Gasteiger charge is -2.16. The Hall–Kier alpha value is -2.35. The molecule has 7 nitrogen and oxygen atoms in total. The molecule has 0 saturated carbocycles. The molecule has 2 amide bonds. The molecule has 2 rings (SSSR count). The van der Waals surface area contributed by atoms with E-state index < -0.39 is 0 Å². The van der Waals surface area contributed by atoms with Crippen molar-refractivity contribution in [3.05, 3.63) is 42.6 Å². The summed E-state index contributed by atoms with van der Waals surface area (Å²) in [5.74, 6) is 0.448. The van der Waals surface area contributed by atoms with Crippen molar-refractivity contribution in [2.75, 3.05) is 19.3 Å². The van der Waals surface area contributed by atoms with Crippen LogP contribution in [0.3, 0.4) is 0 Å². The molecule has 2 aromatic rings. The number of carbonyl (C=O) groups is 2. The number of furan rings is 1. The first kappa shape index (κ1) is 16.0. The van der Waals surface area contributed by atoms with Crippen molar-refractivity contribution in [1.82, 2.24) is 20.2 Å². The van der Waals surface area contributed by atoms with Gasteiger partial charge < -0.3 is 14.6 Å². The van der Waals surface area contributed by atoms with E-state index in [0.717, 1.165) is 0 Å². The number of rotatable bonds is 7. The molecular formula is C14H16N4O3S. The number of amides is 2. The van der Waals surface area contributed by atoms with Gasteiger partial charge in [-0.2, -0.15) is 0 Å². The van der Waals surface area contributed by atoms with Gasteiger partial charge in [0, 0.05) is 19.4 Å². The van der Waals surface area contributed by atoms with E-state index in [2.05, 4.69) is 15.3 Å². The molecular weight excluding hydrogens is 304 g/mol. The Labute approximate surface area is 132 Å². The number of thioether (sulfide) groups is 1. The Kier molecular flexibility index (Phi) is 5.96. The number of hydrogen-bond acceptors (Lipinski definition) is 6. The standard InChI is InChI=1S/C14H16N4O3S/c1-18(9-12(19)17-8-11-4-2-7-21-11)13(20)10-22-14-15-5-3-6-16-14/h2-7H,8-10H2,1H3,(H,17,19). The highest BCUT2D eigenvalue weighted by Crippen LogP contribution is 2.11. The lowest BCUT2D eigenvalue weighted by atomic mass is 10.4.